The quantitative estimate of drug-likeness (QED) is 0.633. The topological polar surface area (TPSA) is 32.7 Å². The molecule has 0 atom stereocenters. The van der Waals surface area contributed by atoms with Crippen molar-refractivity contribution in [1.29, 1.82) is 0 Å². The fourth-order valence-corrected chi connectivity index (χ4v) is 1.36. The summed E-state index contributed by atoms with van der Waals surface area (Å²) in [5, 5.41) is 5.80. The second kappa shape index (κ2) is 3.01. The molecule has 0 spiro atoms. The van der Waals surface area contributed by atoms with E-state index in [1.165, 1.54) is 0 Å². The predicted molar refractivity (Wildman–Crippen MR) is 50.6 cm³/mol. The van der Waals surface area contributed by atoms with Crippen LogP contribution in [0.3, 0.4) is 0 Å². The van der Waals surface area contributed by atoms with Crippen molar-refractivity contribution in [3.05, 3.63) is 35.9 Å². The van der Waals surface area contributed by atoms with Crippen LogP contribution in [0, 0.1) is 0 Å². The highest BCUT2D eigenvalue weighted by Gasteiger charge is 2.21. The van der Waals surface area contributed by atoms with Crippen LogP contribution in [0.25, 0.3) is 0 Å². The lowest BCUT2D eigenvalue weighted by Gasteiger charge is -1.99. The molecule has 13 heavy (non-hydrogen) atoms. The van der Waals surface area contributed by atoms with Crippen LogP contribution in [-0.2, 0) is 4.79 Å². The maximum atomic E-state index is 11.4. The number of rotatable bonds is 1. The molecular formula is C10H10N2O. The molecule has 0 saturated carbocycles. The van der Waals surface area contributed by atoms with Gasteiger partial charge < -0.3 is 0 Å². The van der Waals surface area contributed by atoms with Gasteiger partial charge in [0.25, 0.3) is 0 Å². The Kier molecular flexibility index (Phi) is 1.85. The highest BCUT2D eigenvalue weighted by atomic mass is 16.1. The molecule has 0 aliphatic carbocycles. The lowest BCUT2D eigenvalue weighted by molar-refractivity contribution is -0.112. The van der Waals surface area contributed by atoms with Crippen molar-refractivity contribution < 1.29 is 4.79 Å². The first kappa shape index (κ1) is 7.98. The van der Waals surface area contributed by atoms with Crippen LogP contribution in [0.15, 0.2) is 35.4 Å². The van der Waals surface area contributed by atoms with Gasteiger partial charge >= 0.3 is 0 Å². The van der Waals surface area contributed by atoms with Gasteiger partial charge in [0.05, 0.1) is 0 Å². The highest BCUT2D eigenvalue weighted by Crippen LogP contribution is 2.08. The van der Waals surface area contributed by atoms with Gasteiger partial charge in [-0.25, -0.2) is 0 Å². The number of carbonyl (C=O) groups is 1. The van der Waals surface area contributed by atoms with Crippen molar-refractivity contribution >= 4 is 11.5 Å². The second-order valence-electron chi connectivity index (χ2n) is 3.05. The molecule has 0 saturated heterocycles. The molecule has 1 aromatic carbocycles. The van der Waals surface area contributed by atoms with E-state index in [1.807, 2.05) is 30.3 Å². The average molecular weight is 174 g/mol. The minimum Gasteiger partial charge on any atom is -0.292 e. The van der Waals surface area contributed by atoms with Crippen molar-refractivity contribution in [2.24, 2.45) is 5.10 Å². The molecular weight excluding hydrogens is 164 g/mol. The summed E-state index contributed by atoms with van der Waals surface area (Å²) in [5.74, 6) is 0.0914. The summed E-state index contributed by atoms with van der Waals surface area (Å²) in [4.78, 5) is 11.4. The van der Waals surface area contributed by atoms with E-state index in [-0.39, 0.29) is 5.78 Å². The van der Waals surface area contributed by atoms with Crippen molar-refractivity contribution in [3.63, 3.8) is 0 Å². The molecule has 0 radical (unpaired) electrons. The van der Waals surface area contributed by atoms with E-state index in [0.29, 0.717) is 12.3 Å². The summed E-state index contributed by atoms with van der Waals surface area (Å²) in [7, 11) is 1.80. The van der Waals surface area contributed by atoms with Crippen LogP contribution >= 0.6 is 0 Å². The summed E-state index contributed by atoms with van der Waals surface area (Å²) < 4.78 is 0. The largest absolute Gasteiger partial charge is 0.292 e. The molecule has 0 aromatic heterocycles. The average Bonchev–Trinajstić information content (AvgIpc) is 2.47. The lowest BCUT2D eigenvalue weighted by Crippen LogP contribution is -2.16. The molecule has 66 valence electrons. The van der Waals surface area contributed by atoms with E-state index < -0.39 is 0 Å². The van der Waals surface area contributed by atoms with Crippen LogP contribution in [0.5, 0.6) is 0 Å². The van der Waals surface area contributed by atoms with Gasteiger partial charge in [-0.2, -0.15) is 5.10 Å². The first-order valence-electron chi connectivity index (χ1n) is 4.16. The van der Waals surface area contributed by atoms with Gasteiger partial charge in [0, 0.05) is 12.6 Å². The first-order chi connectivity index (χ1) is 6.27. The molecule has 3 nitrogen and oxygen atoms in total. The third-order valence-electron chi connectivity index (χ3n) is 1.95. The summed E-state index contributed by atoms with van der Waals surface area (Å²) in [6.07, 6.45) is 0. The van der Waals surface area contributed by atoms with Crippen LogP contribution in [0.1, 0.15) is 5.56 Å². The molecule has 0 unspecified atom stereocenters. The summed E-state index contributed by atoms with van der Waals surface area (Å²) in [5.41, 5.74) is 1.47. The number of carbonyl (C=O) groups excluding carboxylic acids is 1. The molecule has 2 rings (SSSR count). The zero-order valence-electron chi connectivity index (χ0n) is 7.40. The zero-order valence-corrected chi connectivity index (χ0v) is 7.40. The Balaban J connectivity index is 2.37. The SMILES string of the molecule is CN1CC(=O)C(c2ccccc2)=N1. The summed E-state index contributed by atoms with van der Waals surface area (Å²) in [6, 6.07) is 9.53. The van der Waals surface area contributed by atoms with Crippen LogP contribution < -0.4 is 0 Å². The van der Waals surface area contributed by atoms with Gasteiger partial charge in [-0.1, -0.05) is 30.3 Å². The Bertz CT molecular complexity index is 356. The molecule has 1 aliphatic rings. The van der Waals surface area contributed by atoms with Gasteiger partial charge in [-0.05, 0) is 0 Å². The third kappa shape index (κ3) is 1.45. The summed E-state index contributed by atoms with van der Waals surface area (Å²) in [6.45, 7) is 0.393. The number of Topliss-reactive ketones (excluding diaryl/α,β-unsaturated/α-hetero) is 1. The zero-order chi connectivity index (χ0) is 9.26. The van der Waals surface area contributed by atoms with E-state index in [9.17, 15) is 4.79 Å². The van der Waals surface area contributed by atoms with E-state index in [0.717, 1.165) is 5.56 Å². The Morgan fingerprint density at radius 3 is 2.54 bits per heavy atom. The fraction of sp³-hybridized carbons (Fsp3) is 0.200. The number of nitrogens with zero attached hydrogens (tertiary/aromatic N) is 2. The van der Waals surface area contributed by atoms with Crippen molar-refractivity contribution in [2.45, 2.75) is 0 Å². The smallest absolute Gasteiger partial charge is 0.204 e. The van der Waals surface area contributed by atoms with E-state index in [4.69, 9.17) is 0 Å². The maximum Gasteiger partial charge on any atom is 0.204 e. The molecule has 0 N–H and O–H groups in total. The minimum absolute atomic E-state index is 0.0914. The van der Waals surface area contributed by atoms with Gasteiger partial charge in [-0.15, -0.1) is 0 Å². The van der Waals surface area contributed by atoms with Crippen molar-refractivity contribution in [1.82, 2.24) is 5.01 Å². The van der Waals surface area contributed by atoms with Crippen LogP contribution in [-0.4, -0.2) is 30.1 Å². The second-order valence-corrected chi connectivity index (χ2v) is 3.05. The van der Waals surface area contributed by atoms with Gasteiger partial charge in [0.2, 0.25) is 5.78 Å². The number of hydrazone groups is 1. The van der Waals surface area contributed by atoms with E-state index in [2.05, 4.69) is 5.10 Å². The van der Waals surface area contributed by atoms with Crippen LogP contribution in [0.2, 0.25) is 0 Å². The number of benzene rings is 1. The van der Waals surface area contributed by atoms with Gasteiger partial charge in [-0.3, -0.25) is 9.80 Å². The minimum atomic E-state index is 0.0914. The molecule has 1 heterocycles. The molecule has 0 amide bonds. The number of likely N-dealkylation sites (N-methyl/N-ethyl adjacent to an activating group) is 1. The lowest BCUT2D eigenvalue weighted by atomic mass is 10.1. The third-order valence-corrected chi connectivity index (χ3v) is 1.95. The van der Waals surface area contributed by atoms with Gasteiger partial charge in [0.15, 0.2) is 0 Å². The normalized spacial score (nSPS) is 16.2. The Morgan fingerprint density at radius 1 is 1.31 bits per heavy atom. The summed E-state index contributed by atoms with van der Waals surface area (Å²) >= 11 is 0. The van der Waals surface area contributed by atoms with E-state index in [1.54, 1.807) is 12.1 Å². The molecule has 3 heteroatoms. The molecule has 0 fully saturated rings. The Morgan fingerprint density at radius 2 is 2.00 bits per heavy atom. The first-order valence-corrected chi connectivity index (χ1v) is 4.16. The Labute approximate surface area is 76.7 Å². The molecule has 1 aliphatic heterocycles. The Hall–Kier alpha value is -1.64. The maximum absolute atomic E-state index is 11.4. The monoisotopic (exact) mass is 174 g/mol. The molecule has 0 bridgehead atoms. The molecule has 1 aromatic rings. The predicted octanol–water partition coefficient (Wildman–Crippen LogP) is 0.905. The number of hydrogen-bond donors (Lipinski definition) is 0. The van der Waals surface area contributed by atoms with Crippen molar-refractivity contribution in [2.75, 3.05) is 13.6 Å². The van der Waals surface area contributed by atoms with Crippen molar-refractivity contribution in [3.8, 4) is 0 Å². The standard InChI is InChI=1S/C10H10N2O/c1-12-7-9(13)10(11-12)8-5-3-2-4-6-8/h2-6H,7H2,1H3. The number of hydrogen-bond acceptors (Lipinski definition) is 3. The van der Waals surface area contributed by atoms with Crippen LogP contribution in [0.4, 0.5) is 0 Å². The fourth-order valence-electron chi connectivity index (χ4n) is 1.36. The van der Waals surface area contributed by atoms with Gasteiger partial charge in [0.1, 0.15) is 12.3 Å². The highest BCUT2D eigenvalue weighted by molar-refractivity contribution is 6.47. The van der Waals surface area contributed by atoms with E-state index >= 15 is 0 Å². The number of ketones is 1.